The van der Waals surface area contributed by atoms with Crippen LogP contribution in [0.1, 0.15) is 0 Å². The molecule has 1 aliphatic rings. The standard InChI is InChI=1S/C20H17Cl2F2N3O7/c21-13-3-1-11(5-14(13)22)31-8-18(29)25-7-17(28)26-10-27-19(30)9-32-12-2-4-15-16(6-12)34-20(23,24)33-15/h1-6H,7-10H2,(H,25,29)(H,26,28)(H,27,30). The molecule has 3 rings (SSSR count). The van der Waals surface area contributed by atoms with Gasteiger partial charge < -0.3 is 34.9 Å². The fourth-order valence-corrected chi connectivity index (χ4v) is 2.76. The average Bonchev–Trinajstić information content (AvgIpc) is 3.10. The zero-order valence-electron chi connectivity index (χ0n) is 17.2. The van der Waals surface area contributed by atoms with Gasteiger partial charge in [-0.25, -0.2) is 0 Å². The highest BCUT2D eigenvalue weighted by Crippen LogP contribution is 2.42. The number of nitrogens with one attached hydrogen (secondary N) is 3. The molecule has 2 aromatic carbocycles. The van der Waals surface area contributed by atoms with Crippen molar-refractivity contribution in [2.24, 2.45) is 0 Å². The number of alkyl halides is 2. The van der Waals surface area contributed by atoms with Crippen molar-refractivity contribution < 1.29 is 42.1 Å². The summed E-state index contributed by atoms with van der Waals surface area (Å²) >= 11 is 11.6. The normalized spacial score (nSPS) is 13.1. The molecular weight excluding hydrogens is 503 g/mol. The molecule has 182 valence electrons. The van der Waals surface area contributed by atoms with Gasteiger partial charge in [-0.2, -0.15) is 0 Å². The second-order valence-electron chi connectivity index (χ2n) is 6.58. The minimum absolute atomic E-state index is 0.102. The number of ether oxygens (including phenoxy) is 4. The third-order valence-electron chi connectivity index (χ3n) is 4.02. The summed E-state index contributed by atoms with van der Waals surface area (Å²) in [6.45, 7) is -1.38. The molecule has 0 bridgehead atoms. The molecule has 1 heterocycles. The Bertz CT molecular complexity index is 1090. The van der Waals surface area contributed by atoms with Crippen LogP contribution in [-0.2, 0) is 14.4 Å². The van der Waals surface area contributed by atoms with E-state index < -0.39 is 30.6 Å². The van der Waals surface area contributed by atoms with E-state index in [1.807, 2.05) is 0 Å². The third kappa shape index (κ3) is 7.52. The summed E-state index contributed by atoms with van der Waals surface area (Å²) < 4.78 is 45.0. The Labute approximate surface area is 201 Å². The van der Waals surface area contributed by atoms with Crippen molar-refractivity contribution in [3.05, 3.63) is 46.4 Å². The maximum atomic E-state index is 13.0. The summed E-state index contributed by atoms with van der Waals surface area (Å²) in [5.41, 5.74) is 0. The first-order valence-corrected chi connectivity index (χ1v) is 10.3. The highest BCUT2D eigenvalue weighted by atomic mass is 35.5. The third-order valence-corrected chi connectivity index (χ3v) is 4.76. The Kier molecular flexibility index (Phi) is 8.18. The topological polar surface area (TPSA) is 124 Å². The van der Waals surface area contributed by atoms with Gasteiger partial charge in [-0.1, -0.05) is 23.2 Å². The smallest absolute Gasteiger partial charge is 0.484 e. The zero-order chi connectivity index (χ0) is 24.7. The monoisotopic (exact) mass is 519 g/mol. The second-order valence-corrected chi connectivity index (χ2v) is 7.40. The van der Waals surface area contributed by atoms with Crippen LogP contribution in [0.25, 0.3) is 0 Å². The maximum Gasteiger partial charge on any atom is 0.586 e. The van der Waals surface area contributed by atoms with Crippen molar-refractivity contribution >= 4 is 40.9 Å². The van der Waals surface area contributed by atoms with E-state index in [-0.39, 0.29) is 42.1 Å². The summed E-state index contributed by atoms with van der Waals surface area (Å²) in [7, 11) is 0. The molecule has 10 nitrogen and oxygen atoms in total. The van der Waals surface area contributed by atoms with Crippen LogP contribution in [0.4, 0.5) is 8.78 Å². The summed E-state index contributed by atoms with van der Waals surface area (Å²) in [5.74, 6) is -1.66. The van der Waals surface area contributed by atoms with Gasteiger partial charge in [0.2, 0.25) is 5.91 Å². The van der Waals surface area contributed by atoms with Crippen LogP contribution in [0.2, 0.25) is 10.0 Å². The van der Waals surface area contributed by atoms with E-state index in [1.54, 1.807) is 0 Å². The van der Waals surface area contributed by atoms with Gasteiger partial charge in [-0.05, 0) is 24.3 Å². The maximum absolute atomic E-state index is 13.0. The molecule has 14 heteroatoms. The number of carbonyl (C=O) groups is 3. The number of halogens is 4. The van der Waals surface area contributed by atoms with E-state index in [0.29, 0.717) is 10.8 Å². The van der Waals surface area contributed by atoms with E-state index in [1.165, 1.54) is 30.3 Å². The lowest BCUT2D eigenvalue weighted by Gasteiger charge is -2.10. The highest BCUT2D eigenvalue weighted by molar-refractivity contribution is 6.42. The van der Waals surface area contributed by atoms with Crippen LogP contribution in [0.5, 0.6) is 23.0 Å². The Morgan fingerprint density at radius 2 is 1.38 bits per heavy atom. The average molecular weight is 520 g/mol. The Morgan fingerprint density at radius 3 is 2.09 bits per heavy atom. The van der Waals surface area contributed by atoms with Gasteiger partial charge in [0, 0.05) is 12.1 Å². The largest absolute Gasteiger partial charge is 0.586 e. The van der Waals surface area contributed by atoms with Crippen LogP contribution in [0, 0.1) is 0 Å². The second kappa shape index (κ2) is 11.1. The number of rotatable bonds is 10. The lowest BCUT2D eigenvalue weighted by molar-refractivity contribution is -0.286. The van der Waals surface area contributed by atoms with Crippen molar-refractivity contribution in [1.82, 2.24) is 16.0 Å². The lowest BCUT2D eigenvalue weighted by atomic mass is 10.3. The molecule has 0 aromatic heterocycles. The number of amides is 3. The van der Waals surface area contributed by atoms with Crippen LogP contribution < -0.4 is 34.9 Å². The molecule has 0 fully saturated rings. The molecule has 3 amide bonds. The number of carbonyl (C=O) groups excluding carboxylic acids is 3. The molecular formula is C20H17Cl2F2N3O7. The van der Waals surface area contributed by atoms with Crippen LogP contribution in [-0.4, -0.2) is 50.4 Å². The predicted octanol–water partition coefficient (Wildman–Crippen LogP) is 2.08. The zero-order valence-corrected chi connectivity index (χ0v) is 18.7. The molecule has 1 aliphatic heterocycles. The molecule has 0 atom stereocenters. The molecule has 2 aromatic rings. The van der Waals surface area contributed by atoms with E-state index in [4.69, 9.17) is 32.7 Å². The number of benzene rings is 2. The first-order valence-electron chi connectivity index (χ1n) is 9.52. The van der Waals surface area contributed by atoms with E-state index in [2.05, 4.69) is 25.4 Å². The molecule has 3 N–H and O–H groups in total. The van der Waals surface area contributed by atoms with Crippen molar-refractivity contribution in [1.29, 1.82) is 0 Å². The van der Waals surface area contributed by atoms with Crippen molar-refractivity contribution in [2.45, 2.75) is 6.29 Å². The molecule has 34 heavy (non-hydrogen) atoms. The summed E-state index contributed by atoms with van der Waals surface area (Å²) in [6.07, 6.45) is -3.76. The first kappa shape index (κ1) is 25.1. The fourth-order valence-electron chi connectivity index (χ4n) is 2.47. The highest BCUT2D eigenvalue weighted by Gasteiger charge is 2.43. The molecule has 0 saturated carbocycles. The number of fused-ring (bicyclic) bond motifs is 1. The van der Waals surface area contributed by atoms with Gasteiger partial charge in [-0.3, -0.25) is 14.4 Å². The van der Waals surface area contributed by atoms with Crippen molar-refractivity contribution in [3.63, 3.8) is 0 Å². The van der Waals surface area contributed by atoms with Gasteiger partial charge in [0.15, 0.2) is 24.7 Å². The number of hydrogen-bond acceptors (Lipinski definition) is 7. The van der Waals surface area contributed by atoms with Crippen LogP contribution in [0.15, 0.2) is 36.4 Å². The predicted molar refractivity (Wildman–Crippen MR) is 114 cm³/mol. The van der Waals surface area contributed by atoms with E-state index in [9.17, 15) is 23.2 Å². The Morgan fingerprint density at radius 1 is 0.794 bits per heavy atom. The fraction of sp³-hybridized carbons (Fsp3) is 0.250. The molecule has 0 spiro atoms. The lowest BCUT2D eigenvalue weighted by Crippen LogP contribution is -2.44. The minimum Gasteiger partial charge on any atom is -0.484 e. The summed E-state index contributed by atoms with van der Waals surface area (Å²) in [5, 5.41) is 7.68. The summed E-state index contributed by atoms with van der Waals surface area (Å²) in [4.78, 5) is 35.3. The molecule has 0 aliphatic carbocycles. The Balaban J connectivity index is 1.28. The quantitative estimate of drug-likeness (QED) is 0.410. The van der Waals surface area contributed by atoms with Gasteiger partial charge >= 0.3 is 6.29 Å². The van der Waals surface area contributed by atoms with Crippen molar-refractivity contribution in [3.8, 4) is 23.0 Å². The van der Waals surface area contributed by atoms with Gasteiger partial charge in [0.1, 0.15) is 11.5 Å². The number of hydrogen-bond donors (Lipinski definition) is 3. The van der Waals surface area contributed by atoms with E-state index >= 15 is 0 Å². The summed E-state index contributed by atoms with van der Waals surface area (Å²) in [6, 6.07) is 8.19. The minimum atomic E-state index is -3.76. The first-order chi connectivity index (χ1) is 16.1. The van der Waals surface area contributed by atoms with Gasteiger partial charge in [-0.15, -0.1) is 8.78 Å². The SMILES string of the molecule is O=C(CNC(=O)COc1ccc(Cl)c(Cl)c1)NCNC(=O)COc1ccc2c(c1)OC(F)(F)O2. The molecule has 0 radical (unpaired) electrons. The van der Waals surface area contributed by atoms with Crippen LogP contribution in [0.3, 0.4) is 0 Å². The van der Waals surface area contributed by atoms with Crippen LogP contribution >= 0.6 is 23.2 Å². The van der Waals surface area contributed by atoms with Gasteiger partial charge in [0.05, 0.1) is 23.3 Å². The van der Waals surface area contributed by atoms with Gasteiger partial charge in [0.25, 0.3) is 11.8 Å². The molecule has 0 saturated heterocycles. The van der Waals surface area contributed by atoms with Crippen molar-refractivity contribution in [2.75, 3.05) is 26.4 Å². The van der Waals surface area contributed by atoms with E-state index in [0.717, 1.165) is 6.07 Å². The Hall–Kier alpha value is -3.51. The molecule has 0 unspecified atom stereocenters.